The molecular formula is C19H15N3O2S. The van der Waals surface area contributed by atoms with Crippen LogP contribution in [0.25, 0.3) is 22.2 Å². The van der Waals surface area contributed by atoms with E-state index in [1.54, 1.807) is 54.7 Å². The fraction of sp³-hybridized carbons (Fsp3) is 0. The van der Waals surface area contributed by atoms with E-state index in [4.69, 9.17) is 0 Å². The van der Waals surface area contributed by atoms with Gasteiger partial charge < -0.3 is 4.98 Å². The third-order valence-corrected chi connectivity index (χ3v) is 5.36. The van der Waals surface area contributed by atoms with Gasteiger partial charge >= 0.3 is 0 Å². The summed E-state index contributed by atoms with van der Waals surface area (Å²) < 4.78 is 27.6. The van der Waals surface area contributed by atoms with Crippen LogP contribution in [0.3, 0.4) is 0 Å². The van der Waals surface area contributed by atoms with Gasteiger partial charge in [0, 0.05) is 23.5 Å². The molecule has 0 saturated heterocycles. The lowest BCUT2D eigenvalue weighted by molar-refractivity contribution is 0.601. The van der Waals surface area contributed by atoms with Gasteiger partial charge in [0.1, 0.15) is 5.65 Å². The van der Waals surface area contributed by atoms with Crippen molar-refractivity contribution in [1.82, 2.24) is 9.97 Å². The van der Waals surface area contributed by atoms with Crippen molar-refractivity contribution >= 4 is 26.7 Å². The number of aromatic nitrogens is 2. The Morgan fingerprint density at radius 2 is 1.64 bits per heavy atom. The largest absolute Gasteiger partial charge is 0.346 e. The molecule has 6 heteroatoms. The molecule has 0 spiro atoms. The van der Waals surface area contributed by atoms with Crippen LogP contribution in [0.4, 0.5) is 5.69 Å². The van der Waals surface area contributed by atoms with Crippen LogP contribution < -0.4 is 4.72 Å². The molecule has 0 atom stereocenters. The zero-order valence-corrected chi connectivity index (χ0v) is 14.0. The predicted octanol–water partition coefficient (Wildman–Crippen LogP) is 4.03. The van der Waals surface area contributed by atoms with Crippen molar-refractivity contribution in [3.05, 3.63) is 79.1 Å². The van der Waals surface area contributed by atoms with Gasteiger partial charge in [0.15, 0.2) is 0 Å². The number of pyridine rings is 1. The maximum absolute atomic E-state index is 12.5. The summed E-state index contributed by atoms with van der Waals surface area (Å²) in [5.41, 5.74) is 3.28. The molecule has 0 unspecified atom stereocenters. The zero-order chi connectivity index (χ0) is 17.3. The number of benzene rings is 2. The Hall–Kier alpha value is -3.12. The number of nitrogens with zero attached hydrogens (tertiary/aromatic N) is 1. The maximum atomic E-state index is 12.5. The molecule has 4 aromatic rings. The van der Waals surface area contributed by atoms with Crippen LogP contribution >= 0.6 is 0 Å². The number of rotatable bonds is 4. The number of fused-ring (bicyclic) bond motifs is 1. The van der Waals surface area contributed by atoms with Gasteiger partial charge in [-0.15, -0.1) is 0 Å². The van der Waals surface area contributed by atoms with Gasteiger partial charge in [-0.3, -0.25) is 4.72 Å². The molecule has 2 N–H and O–H groups in total. The van der Waals surface area contributed by atoms with Crippen molar-refractivity contribution in [3.63, 3.8) is 0 Å². The molecule has 2 heterocycles. The first kappa shape index (κ1) is 15.4. The fourth-order valence-electron chi connectivity index (χ4n) is 2.75. The molecule has 5 nitrogen and oxygen atoms in total. The average molecular weight is 349 g/mol. The minimum absolute atomic E-state index is 0.222. The number of hydrogen-bond donors (Lipinski definition) is 2. The van der Waals surface area contributed by atoms with E-state index in [-0.39, 0.29) is 4.90 Å². The highest BCUT2D eigenvalue weighted by atomic mass is 32.2. The molecule has 0 aliphatic heterocycles. The number of nitrogens with one attached hydrogen (secondary N) is 2. The summed E-state index contributed by atoms with van der Waals surface area (Å²) in [7, 11) is -3.61. The fourth-order valence-corrected chi connectivity index (χ4v) is 3.81. The standard InChI is InChI=1S/C19H15N3O2S/c23-25(24,22-15-4-2-1-3-5-15)16-8-6-14(7-9-16)17-10-12-20-19-18(17)11-13-21-19/h1-13,22H,(H,20,21). The molecule has 0 amide bonds. The lowest BCUT2D eigenvalue weighted by Gasteiger charge is -2.09. The first-order valence-corrected chi connectivity index (χ1v) is 9.22. The second-order valence-corrected chi connectivity index (χ2v) is 7.28. The Kier molecular flexibility index (Phi) is 3.74. The highest BCUT2D eigenvalue weighted by Crippen LogP contribution is 2.28. The highest BCUT2D eigenvalue weighted by Gasteiger charge is 2.14. The van der Waals surface area contributed by atoms with E-state index >= 15 is 0 Å². The first-order chi connectivity index (χ1) is 12.1. The normalized spacial score (nSPS) is 11.5. The minimum Gasteiger partial charge on any atom is -0.346 e. The Morgan fingerprint density at radius 3 is 2.40 bits per heavy atom. The number of H-pyrrole nitrogens is 1. The lowest BCUT2D eigenvalue weighted by atomic mass is 10.0. The molecule has 124 valence electrons. The average Bonchev–Trinajstić information content (AvgIpc) is 3.11. The van der Waals surface area contributed by atoms with E-state index < -0.39 is 10.0 Å². The summed E-state index contributed by atoms with van der Waals surface area (Å²) in [6, 6.07) is 19.5. The number of para-hydroxylation sites is 1. The SMILES string of the molecule is O=S(=O)(Nc1ccccc1)c1ccc(-c2ccnc3[nH]ccc23)cc1. The van der Waals surface area contributed by atoms with E-state index in [0.29, 0.717) is 5.69 Å². The molecule has 0 aliphatic carbocycles. The molecule has 25 heavy (non-hydrogen) atoms. The van der Waals surface area contributed by atoms with Gasteiger partial charge in [-0.1, -0.05) is 30.3 Å². The van der Waals surface area contributed by atoms with Crippen LogP contribution in [0.1, 0.15) is 0 Å². The summed E-state index contributed by atoms with van der Waals surface area (Å²) in [4.78, 5) is 7.57. The molecule has 0 bridgehead atoms. The van der Waals surface area contributed by atoms with Gasteiger partial charge in [0.2, 0.25) is 0 Å². The van der Waals surface area contributed by atoms with Gasteiger partial charge in [-0.25, -0.2) is 13.4 Å². The predicted molar refractivity (Wildman–Crippen MR) is 98.8 cm³/mol. The summed E-state index contributed by atoms with van der Waals surface area (Å²) in [5, 5.41) is 1.00. The van der Waals surface area contributed by atoms with Crippen LogP contribution in [-0.2, 0) is 10.0 Å². The number of anilines is 1. The third-order valence-electron chi connectivity index (χ3n) is 3.96. The van der Waals surface area contributed by atoms with Crippen LogP contribution in [-0.4, -0.2) is 18.4 Å². The summed E-state index contributed by atoms with van der Waals surface area (Å²) in [5.74, 6) is 0. The van der Waals surface area contributed by atoms with Crippen molar-refractivity contribution in [2.24, 2.45) is 0 Å². The third kappa shape index (κ3) is 2.99. The summed E-state index contributed by atoms with van der Waals surface area (Å²) in [6.07, 6.45) is 3.57. The van der Waals surface area contributed by atoms with Crippen molar-refractivity contribution in [1.29, 1.82) is 0 Å². The van der Waals surface area contributed by atoms with Crippen LogP contribution in [0.15, 0.2) is 84.0 Å². The monoisotopic (exact) mass is 349 g/mol. The Bertz CT molecular complexity index is 1120. The van der Waals surface area contributed by atoms with Crippen molar-refractivity contribution in [2.45, 2.75) is 4.90 Å². The number of aromatic amines is 1. The van der Waals surface area contributed by atoms with E-state index in [9.17, 15) is 8.42 Å². The number of hydrogen-bond acceptors (Lipinski definition) is 3. The van der Waals surface area contributed by atoms with E-state index in [2.05, 4.69) is 14.7 Å². The molecule has 0 aliphatic rings. The second kappa shape index (κ2) is 6.07. The van der Waals surface area contributed by atoms with E-state index in [1.807, 2.05) is 24.4 Å². The van der Waals surface area contributed by atoms with Crippen LogP contribution in [0.2, 0.25) is 0 Å². The molecular weight excluding hydrogens is 334 g/mol. The van der Waals surface area contributed by atoms with Crippen LogP contribution in [0, 0.1) is 0 Å². The topological polar surface area (TPSA) is 74.8 Å². The zero-order valence-electron chi connectivity index (χ0n) is 13.2. The molecule has 0 radical (unpaired) electrons. The lowest BCUT2D eigenvalue weighted by Crippen LogP contribution is -2.12. The van der Waals surface area contributed by atoms with Gasteiger partial charge in [0.25, 0.3) is 10.0 Å². The van der Waals surface area contributed by atoms with Crippen molar-refractivity contribution in [3.8, 4) is 11.1 Å². The first-order valence-electron chi connectivity index (χ1n) is 7.74. The van der Waals surface area contributed by atoms with E-state index in [0.717, 1.165) is 22.2 Å². The number of sulfonamides is 1. The summed E-state index contributed by atoms with van der Waals surface area (Å²) >= 11 is 0. The van der Waals surface area contributed by atoms with Gasteiger partial charge in [0.05, 0.1) is 4.90 Å². The Morgan fingerprint density at radius 1 is 0.880 bits per heavy atom. The quantitative estimate of drug-likeness (QED) is 0.584. The molecule has 2 aromatic heterocycles. The van der Waals surface area contributed by atoms with Crippen LogP contribution in [0.5, 0.6) is 0 Å². The molecule has 0 saturated carbocycles. The maximum Gasteiger partial charge on any atom is 0.261 e. The molecule has 4 rings (SSSR count). The highest BCUT2D eigenvalue weighted by molar-refractivity contribution is 7.92. The Balaban J connectivity index is 1.67. The van der Waals surface area contributed by atoms with Gasteiger partial charge in [-0.2, -0.15) is 0 Å². The molecule has 0 fully saturated rings. The smallest absolute Gasteiger partial charge is 0.261 e. The van der Waals surface area contributed by atoms with Crippen molar-refractivity contribution < 1.29 is 8.42 Å². The van der Waals surface area contributed by atoms with E-state index in [1.165, 1.54) is 0 Å². The molecule has 2 aromatic carbocycles. The minimum atomic E-state index is -3.61. The second-order valence-electron chi connectivity index (χ2n) is 5.59. The van der Waals surface area contributed by atoms with Gasteiger partial charge in [-0.05, 0) is 47.5 Å². The Labute approximate surface area is 145 Å². The van der Waals surface area contributed by atoms with Crippen molar-refractivity contribution in [2.75, 3.05) is 4.72 Å². The summed E-state index contributed by atoms with van der Waals surface area (Å²) in [6.45, 7) is 0.